The molecule has 0 bridgehead atoms. The highest BCUT2D eigenvalue weighted by Gasteiger charge is 2.10. The van der Waals surface area contributed by atoms with Gasteiger partial charge in [0.05, 0.1) is 32.2 Å². The fourth-order valence-corrected chi connectivity index (χ4v) is 1.57. The molecule has 0 aliphatic carbocycles. The number of methoxy groups -OCH3 is 2. The third-order valence-corrected chi connectivity index (χ3v) is 2.40. The van der Waals surface area contributed by atoms with Gasteiger partial charge in [-0.05, 0) is 6.42 Å². The number of rotatable bonds is 7. The third-order valence-electron chi connectivity index (χ3n) is 2.40. The van der Waals surface area contributed by atoms with Crippen molar-refractivity contribution in [2.75, 3.05) is 26.1 Å². The molecule has 6 nitrogen and oxygen atoms in total. The van der Waals surface area contributed by atoms with Crippen molar-refractivity contribution < 1.29 is 14.3 Å². The Morgan fingerprint density at radius 2 is 2.17 bits per heavy atom. The molecule has 0 aromatic carbocycles. The first-order valence-electron chi connectivity index (χ1n) is 5.87. The molecular formula is C12H19N3O3. The molecule has 0 fully saturated rings. The van der Waals surface area contributed by atoms with Gasteiger partial charge >= 0.3 is 5.97 Å². The van der Waals surface area contributed by atoms with E-state index in [4.69, 9.17) is 4.74 Å². The summed E-state index contributed by atoms with van der Waals surface area (Å²) in [6.07, 6.45) is 4.94. The molecule has 1 rings (SSSR count). The Hall–Kier alpha value is -1.69. The number of esters is 1. The number of anilines is 1. The van der Waals surface area contributed by atoms with E-state index in [-0.39, 0.29) is 11.7 Å². The van der Waals surface area contributed by atoms with E-state index >= 15 is 0 Å². The summed E-state index contributed by atoms with van der Waals surface area (Å²) in [6.45, 7) is 2.71. The van der Waals surface area contributed by atoms with E-state index in [1.165, 1.54) is 19.5 Å². The van der Waals surface area contributed by atoms with Crippen LogP contribution in [0.3, 0.4) is 0 Å². The summed E-state index contributed by atoms with van der Waals surface area (Å²) < 4.78 is 9.68. The largest absolute Gasteiger partial charge is 0.464 e. The lowest BCUT2D eigenvalue weighted by Gasteiger charge is -2.17. The van der Waals surface area contributed by atoms with Gasteiger partial charge in [0.15, 0.2) is 5.69 Å². The summed E-state index contributed by atoms with van der Waals surface area (Å²) in [5.41, 5.74) is 0.196. The summed E-state index contributed by atoms with van der Waals surface area (Å²) >= 11 is 0. The second kappa shape index (κ2) is 7.60. The zero-order chi connectivity index (χ0) is 13.4. The molecule has 0 aliphatic heterocycles. The molecule has 100 valence electrons. The first-order chi connectivity index (χ1) is 8.71. The minimum atomic E-state index is -0.490. The van der Waals surface area contributed by atoms with Crippen molar-refractivity contribution in [3.05, 3.63) is 18.1 Å². The fourth-order valence-electron chi connectivity index (χ4n) is 1.57. The number of carbonyl (C=O) groups excluding carboxylic acids is 1. The van der Waals surface area contributed by atoms with Crippen LogP contribution in [0, 0.1) is 0 Å². The summed E-state index contributed by atoms with van der Waals surface area (Å²) in [5, 5.41) is 3.21. The number of nitrogens with one attached hydrogen (secondary N) is 1. The SMILES string of the molecule is CCCC(COC)Nc1cnc(C(=O)OC)cn1. The Kier molecular flexibility index (Phi) is 6.07. The molecule has 6 heteroatoms. The average molecular weight is 253 g/mol. The summed E-state index contributed by atoms with van der Waals surface area (Å²) in [5.74, 6) is 0.134. The van der Waals surface area contributed by atoms with Crippen LogP contribution in [0.1, 0.15) is 30.3 Å². The molecule has 1 aromatic heterocycles. The number of hydrogen-bond donors (Lipinski definition) is 1. The monoisotopic (exact) mass is 253 g/mol. The molecule has 1 aromatic rings. The maximum absolute atomic E-state index is 11.2. The predicted octanol–water partition coefficient (Wildman–Crippen LogP) is 1.49. The molecular weight excluding hydrogens is 234 g/mol. The van der Waals surface area contributed by atoms with Gasteiger partial charge in [-0.15, -0.1) is 0 Å². The van der Waals surface area contributed by atoms with Crippen LogP contribution in [-0.4, -0.2) is 42.8 Å². The maximum atomic E-state index is 11.2. The van der Waals surface area contributed by atoms with Crippen LogP contribution in [-0.2, 0) is 9.47 Å². The number of aromatic nitrogens is 2. The standard InChI is InChI=1S/C12H19N3O3/c1-4-5-9(8-17-2)15-11-7-13-10(6-14-11)12(16)18-3/h6-7,9H,4-5,8H2,1-3H3,(H,14,15). The molecule has 0 radical (unpaired) electrons. The van der Waals surface area contributed by atoms with Crippen LogP contribution in [0.4, 0.5) is 5.82 Å². The Balaban J connectivity index is 2.63. The molecule has 18 heavy (non-hydrogen) atoms. The number of carbonyl (C=O) groups is 1. The molecule has 0 amide bonds. The molecule has 1 heterocycles. The van der Waals surface area contributed by atoms with Crippen LogP contribution in [0.15, 0.2) is 12.4 Å². The van der Waals surface area contributed by atoms with E-state index in [1.54, 1.807) is 7.11 Å². The topological polar surface area (TPSA) is 73.3 Å². The maximum Gasteiger partial charge on any atom is 0.358 e. The lowest BCUT2D eigenvalue weighted by Crippen LogP contribution is -2.25. The average Bonchev–Trinajstić information content (AvgIpc) is 2.39. The van der Waals surface area contributed by atoms with Gasteiger partial charge in [-0.1, -0.05) is 13.3 Å². The van der Waals surface area contributed by atoms with E-state index in [9.17, 15) is 4.79 Å². The molecule has 0 spiro atoms. The van der Waals surface area contributed by atoms with Gasteiger partial charge in [0, 0.05) is 7.11 Å². The zero-order valence-corrected chi connectivity index (χ0v) is 11.0. The lowest BCUT2D eigenvalue weighted by atomic mass is 10.2. The van der Waals surface area contributed by atoms with Crippen LogP contribution in [0.5, 0.6) is 0 Å². The van der Waals surface area contributed by atoms with Gasteiger partial charge < -0.3 is 14.8 Å². The van der Waals surface area contributed by atoms with Crippen LogP contribution in [0.2, 0.25) is 0 Å². The van der Waals surface area contributed by atoms with E-state index < -0.39 is 5.97 Å². The quantitative estimate of drug-likeness (QED) is 0.742. The third kappa shape index (κ3) is 4.29. The minimum absolute atomic E-state index is 0.193. The summed E-state index contributed by atoms with van der Waals surface area (Å²) in [7, 11) is 2.97. The zero-order valence-electron chi connectivity index (χ0n) is 11.0. The normalized spacial score (nSPS) is 11.9. The number of nitrogens with zero attached hydrogens (tertiary/aromatic N) is 2. The highest BCUT2D eigenvalue weighted by molar-refractivity contribution is 5.86. The Bertz CT molecular complexity index is 361. The van der Waals surface area contributed by atoms with Gasteiger partial charge in [-0.25, -0.2) is 14.8 Å². The number of ether oxygens (including phenoxy) is 2. The predicted molar refractivity (Wildman–Crippen MR) is 67.6 cm³/mol. The van der Waals surface area contributed by atoms with Crippen molar-refractivity contribution in [2.45, 2.75) is 25.8 Å². The van der Waals surface area contributed by atoms with Crippen molar-refractivity contribution in [3.8, 4) is 0 Å². The first-order valence-corrected chi connectivity index (χ1v) is 5.87. The second-order valence-electron chi connectivity index (χ2n) is 3.86. The highest BCUT2D eigenvalue weighted by atomic mass is 16.5. The van der Waals surface area contributed by atoms with Crippen molar-refractivity contribution in [2.24, 2.45) is 0 Å². The Morgan fingerprint density at radius 1 is 1.39 bits per heavy atom. The van der Waals surface area contributed by atoms with E-state index in [1.807, 2.05) is 0 Å². The molecule has 0 saturated heterocycles. The van der Waals surface area contributed by atoms with Crippen LogP contribution >= 0.6 is 0 Å². The lowest BCUT2D eigenvalue weighted by molar-refractivity contribution is 0.0593. The number of hydrogen-bond acceptors (Lipinski definition) is 6. The first kappa shape index (κ1) is 14.4. The molecule has 1 atom stereocenters. The minimum Gasteiger partial charge on any atom is -0.464 e. The van der Waals surface area contributed by atoms with Crippen LogP contribution < -0.4 is 5.32 Å². The molecule has 0 saturated carbocycles. The van der Waals surface area contributed by atoms with E-state index in [0.29, 0.717) is 12.4 Å². The van der Waals surface area contributed by atoms with Gasteiger partial charge in [0.2, 0.25) is 0 Å². The second-order valence-corrected chi connectivity index (χ2v) is 3.86. The van der Waals surface area contributed by atoms with Crippen molar-refractivity contribution >= 4 is 11.8 Å². The van der Waals surface area contributed by atoms with Crippen molar-refractivity contribution in [1.29, 1.82) is 0 Å². The van der Waals surface area contributed by atoms with Gasteiger partial charge in [0.1, 0.15) is 5.82 Å². The summed E-state index contributed by atoms with van der Waals surface area (Å²) in [6, 6.07) is 0.193. The smallest absolute Gasteiger partial charge is 0.358 e. The molecule has 0 aliphatic rings. The fraction of sp³-hybridized carbons (Fsp3) is 0.583. The Labute approximate surface area is 107 Å². The molecule has 1 N–H and O–H groups in total. The van der Waals surface area contributed by atoms with Crippen LogP contribution in [0.25, 0.3) is 0 Å². The highest BCUT2D eigenvalue weighted by Crippen LogP contribution is 2.08. The van der Waals surface area contributed by atoms with E-state index in [0.717, 1.165) is 12.8 Å². The molecule has 1 unspecified atom stereocenters. The van der Waals surface area contributed by atoms with Gasteiger partial charge in [-0.3, -0.25) is 0 Å². The Morgan fingerprint density at radius 3 is 2.67 bits per heavy atom. The van der Waals surface area contributed by atoms with Crippen molar-refractivity contribution in [3.63, 3.8) is 0 Å². The van der Waals surface area contributed by atoms with E-state index in [2.05, 4.69) is 26.9 Å². The summed E-state index contributed by atoms with van der Waals surface area (Å²) in [4.78, 5) is 19.3. The van der Waals surface area contributed by atoms with Gasteiger partial charge in [0.25, 0.3) is 0 Å². The van der Waals surface area contributed by atoms with Crippen molar-refractivity contribution in [1.82, 2.24) is 9.97 Å². The van der Waals surface area contributed by atoms with Gasteiger partial charge in [-0.2, -0.15) is 0 Å².